The molecule has 3 rings (SSSR count). The van der Waals surface area contributed by atoms with Crippen molar-refractivity contribution < 1.29 is 23.5 Å². The predicted molar refractivity (Wildman–Crippen MR) is 101 cm³/mol. The maximum Gasteiger partial charge on any atom is 0.333 e. The van der Waals surface area contributed by atoms with Gasteiger partial charge in [-0.1, -0.05) is 30.3 Å². The van der Waals surface area contributed by atoms with Gasteiger partial charge in [-0.05, 0) is 30.5 Å². The summed E-state index contributed by atoms with van der Waals surface area (Å²) in [6.45, 7) is 0. The van der Waals surface area contributed by atoms with Gasteiger partial charge in [-0.25, -0.2) is 4.79 Å². The van der Waals surface area contributed by atoms with Crippen LogP contribution in [0.4, 0.5) is 0 Å². The van der Waals surface area contributed by atoms with E-state index in [0.29, 0.717) is 31.2 Å². The SMILES string of the molecule is COC(=O)[C@@H](NC(=O)CC[C@@]1(Cc2ccco2)CCC(=O)N1)c1ccccc1. The van der Waals surface area contributed by atoms with Crippen LogP contribution in [0.25, 0.3) is 0 Å². The number of furan rings is 1. The number of amides is 2. The monoisotopic (exact) mass is 384 g/mol. The maximum atomic E-state index is 12.6. The molecule has 0 bridgehead atoms. The van der Waals surface area contributed by atoms with Crippen LogP contribution in [-0.4, -0.2) is 30.4 Å². The van der Waals surface area contributed by atoms with E-state index in [1.54, 1.807) is 36.6 Å². The molecule has 0 spiro atoms. The number of ether oxygens (including phenoxy) is 1. The summed E-state index contributed by atoms with van der Waals surface area (Å²) in [6.07, 6.45) is 3.80. The minimum Gasteiger partial charge on any atom is -0.469 e. The summed E-state index contributed by atoms with van der Waals surface area (Å²) in [6, 6.07) is 11.7. The molecule has 2 aromatic rings. The lowest BCUT2D eigenvalue weighted by atomic mass is 9.87. The second-order valence-electron chi connectivity index (χ2n) is 7.02. The molecule has 0 radical (unpaired) electrons. The van der Waals surface area contributed by atoms with Gasteiger partial charge in [0.05, 0.1) is 13.4 Å². The molecule has 0 saturated carbocycles. The highest BCUT2D eigenvalue weighted by Crippen LogP contribution is 2.30. The lowest BCUT2D eigenvalue weighted by Gasteiger charge is -2.28. The molecule has 2 heterocycles. The fourth-order valence-corrected chi connectivity index (χ4v) is 3.56. The molecule has 0 unspecified atom stereocenters. The Balaban J connectivity index is 1.65. The summed E-state index contributed by atoms with van der Waals surface area (Å²) in [5.74, 6) is -0.0683. The predicted octanol–water partition coefficient (Wildman–Crippen LogP) is 2.28. The molecule has 28 heavy (non-hydrogen) atoms. The molecule has 1 aromatic heterocycles. The van der Waals surface area contributed by atoms with E-state index in [1.165, 1.54) is 7.11 Å². The summed E-state index contributed by atoms with van der Waals surface area (Å²) < 4.78 is 10.2. The van der Waals surface area contributed by atoms with Gasteiger partial charge in [-0.3, -0.25) is 9.59 Å². The number of carbonyl (C=O) groups excluding carboxylic acids is 3. The van der Waals surface area contributed by atoms with E-state index in [0.717, 1.165) is 5.76 Å². The number of hydrogen-bond acceptors (Lipinski definition) is 5. The van der Waals surface area contributed by atoms with E-state index >= 15 is 0 Å². The molecule has 2 amide bonds. The van der Waals surface area contributed by atoms with Gasteiger partial charge in [0.25, 0.3) is 0 Å². The van der Waals surface area contributed by atoms with Crippen LogP contribution in [0.3, 0.4) is 0 Å². The topological polar surface area (TPSA) is 97.6 Å². The molecular formula is C21H24N2O5. The molecule has 148 valence electrons. The summed E-state index contributed by atoms with van der Waals surface area (Å²) in [7, 11) is 1.29. The Labute approximate surface area is 163 Å². The first-order chi connectivity index (χ1) is 13.5. The van der Waals surface area contributed by atoms with E-state index in [2.05, 4.69) is 10.6 Å². The van der Waals surface area contributed by atoms with Crippen molar-refractivity contribution in [1.29, 1.82) is 0 Å². The second kappa shape index (κ2) is 8.73. The van der Waals surface area contributed by atoms with Crippen LogP contribution in [0.2, 0.25) is 0 Å². The lowest BCUT2D eigenvalue weighted by molar-refractivity contribution is -0.145. The molecule has 0 aliphatic carbocycles. The van der Waals surface area contributed by atoms with Crippen LogP contribution in [-0.2, 0) is 25.5 Å². The van der Waals surface area contributed by atoms with Gasteiger partial charge in [0.1, 0.15) is 5.76 Å². The first-order valence-electron chi connectivity index (χ1n) is 9.27. The zero-order valence-electron chi connectivity index (χ0n) is 15.8. The fraction of sp³-hybridized carbons (Fsp3) is 0.381. The molecule has 2 atom stereocenters. The normalized spacial score (nSPS) is 19.7. The van der Waals surface area contributed by atoms with Crippen molar-refractivity contribution in [2.45, 2.75) is 43.7 Å². The molecule has 7 heteroatoms. The molecular weight excluding hydrogens is 360 g/mol. The van der Waals surface area contributed by atoms with Crippen molar-refractivity contribution in [3.63, 3.8) is 0 Å². The Morgan fingerprint density at radius 3 is 2.64 bits per heavy atom. The summed E-state index contributed by atoms with van der Waals surface area (Å²) in [5.41, 5.74) is 0.141. The van der Waals surface area contributed by atoms with Crippen LogP contribution >= 0.6 is 0 Å². The van der Waals surface area contributed by atoms with Crippen LogP contribution < -0.4 is 10.6 Å². The third-order valence-corrected chi connectivity index (χ3v) is 5.03. The Bertz CT molecular complexity index is 819. The molecule has 1 aromatic carbocycles. The quantitative estimate of drug-likeness (QED) is 0.681. The largest absolute Gasteiger partial charge is 0.469 e. The van der Waals surface area contributed by atoms with Gasteiger partial charge < -0.3 is 19.8 Å². The Morgan fingerprint density at radius 2 is 2.04 bits per heavy atom. The first-order valence-corrected chi connectivity index (χ1v) is 9.27. The zero-order valence-corrected chi connectivity index (χ0v) is 15.8. The van der Waals surface area contributed by atoms with Gasteiger partial charge >= 0.3 is 5.97 Å². The average Bonchev–Trinajstić information content (AvgIpc) is 3.35. The lowest BCUT2D eigenvalue weighted by Crippen LogP contribution is -2.45. The minimum atomic E-state index is -0.863. The van der Waals surface area contributed by atoms with Crippen molar-refractivity contribution in [2.75, 3.05) is 7.11 Å². The zero-order chi connectivity index (χ0) is 20.0. The number of rotatable bonds is 8. The van der Waals surface area contributed by atoms with Crippen LogP contribution in [0, 0.1) is 0 Å². The van der Waals surface area contributed by atoms with E-state index in [9.17, 15) is 14.4 Å². The standard InChI is InChI=1S/C21H24N2O5/c1-27-20(26)19(15-6-3-2-4-7-15)22-17(24)9-11-21(12-10-18(25)23-21)14-16-8-5-13-28-16/h2-8,13,19H,9-12,14H2,1H3,(H,22,24)(H,23,25)/t19-,21-/m0/s1. The third kappa shape index (κ3) is 4.79. The maximum absolute atomic E-state index is 12.6. The van der Waals surface area contributed by atoms with E-state index in [4.69, 9.17) is 9.15 Å². The van der Waals surface area contributed by atoms with Crippen LogP contribution in [0.1, 0.15) is 43.0 Å². The molecule has 1 aliphatic heterocycles. The molecule has 7 nitrogen and oxygen atoms in total. The highest BCUT2D eigenvalue weighted by molar-refractivity contribution is 5.85. The Hall–Kier alpha value is -3.09. The average molecular weight is 384 g/mol. The van der Waals surface area contributed by atoms with E-state index < -0.39 is 17.6 Å². The molecule has 2 N–H and O–H groups in total. The molecule has 1 fully saturated rings. The van der Waals surface area contributed by atoms with Gasteiger partial charge in [0.2, 0.25) is 11.8 Å². The van der Waals surface area contributed by atoms with Gasteiger partial charge in [-0.2, -0.15) is 0 Å². The van der Waals surface area contributed by atoms with Crippen molar-refractivity contribution in [3.8, 4) is 0 Å². The van der Waals surface area contributed by atoms with Crippen LogP contribution in [0.15, 0.2) is 53.1 Å². The molecule has 1 aliphatic rings. The Morgan fingerprint density at radius 1 is 1.25 bits per heavy atom. The number of benzene rings is 1. The van der Waals surface area contributed by atoms with Gasteiger partial charge in [-0.15, -0.1) is 0 Å². The van der Waals surface area contributed by atoms with Crippen LogP contribution in [0.5, 0.6) is 0 Å². The highest BCUT2D eigenvalue weighted by atomic mass is 16.5. The fourth-order valence-electron chi connectivity index (χ4n) is 3.56. The van der Waals surface area contributed by atoms with E-state index in [-0.39, 0.29) is 18.2 Å². The number of esters is 1. The van der Waals surface area contributed by atoms with Crippen molar-refractivity contribution >= 4 is 17.8 Å². The number of carbonyl (C=O) groups is 3. The van der Waals surface area contributed by atoms with Crippen molar-refractivity contribution in [3.05, 3.63) is 60.1 Å². The summed E-state index contributed by atoms with van der Waals surface area (Å²) in [5, 5.41) is 5.76. The number of nitrogens with one attached hydrogen (secondary N) is 2. The third-order valence-electron chi connectivity index (χ3n) is 5.03. The van der Waals surface area contributed by atoms with Gasteiger partial charge in [0, 0.05) is 24.8 Å². The summed E-state index contributed by atoms with van der Waals surface area (Å²) in [4.78, 5) is 36.5. The summed E-state index contributed by atoms with van der Waals surface area (Å²) >= 11 is 0. The smallest absolute Gasteiger partial charge is 0.333 e. The van der Waals surface area contributed by atoms with E-state index in [1.807, 2.05) is 12.1 Å². The van der Waals surface area contributed by atoms with Crippen molar-refractivity contribution in [1.82, 2.24) is 10.6 Å². The minimum absolute atomic E-state index is 0.0244. The number of methoxy groups -OCH3 is 1. The first kappa shape index (κ1) is 19.7. The Kier molecular flexibility index (Phi) is 6.13. The van der Waals surface area contributed by atoms with Crippen molar-refractivity contribution in [2.24, 2.45) is 0 Å². The number of hydrogen-bond donors (Lipinski definition) is 2. The molecule has 1 saturated heterocycles. The van der Waals surface area contributed by atoms with Gasteiger partial charge in [0.15, 0.2) is 6.04 Å². The second-order valence-corrected chi connectivity index (χ2v) is 7.02. The highest BCUT2D eigenvalue weighted by Gasteiger charge is 2.39.